The number of anilines is 2. The van der Waals surface area contributed by atoms with Gasteiger partial charge in [0.25, 0.3) is 0 Å². The first kappa shape index (κ1) is 36.8. The Morgan fingerprint density at radius 1 is 1.04 bits per heavy atom. The zero-order chi connectivity index (χ0) is 35.8. The van der Waals surface area contributed by atoms with E-state index in [9.17, 15) is 24.9 Å². The number of carbonyl (C=O) groups excluding carboxylic acids is 2. The number of phenols is 1. The number of aliphatic hydroxyl groups excluding tert-OH is 1. The molecule has 0 spiro atoms. The maximum Gasteiger partial charge on any atom is 0.230 e. The third-order valence-corrected chi connectivity index (χ3v) is 11.5. The summed E-state index contributed by atoms with van der Waals surface area (Å²) in [5.41, 5.74) is 2.28. The van der Waals surface area contributed by atoms with Crippen molar-refractivity contribution in [2.45, 2.75) is 69.3 Å². The molecular weight excluding hydrogens is 648 g/mol. The van der Waals surface area contributed by atoms with Crippen LogP contribution in [-0.4, -0.2) is 84.7 Å². The van der Waals surface area contributed by atoms with E-state index in [-0.39, 0.29) is 35.9 Å². The standard InChI is InChI=1S/C40H52N4O7/c1-50-37-22-33(13-11-30(37)23-41-24-36(47)29-12-14-35(46)34(21-29)42-27-45)43-39(48)17-20-44-18-15-28(16-19-44)38(25-44)51-26-40(49,32-9-5-6-10-32)31-7-3-2-4-8-31/h2-4,7-8,11-14,21-22,27-28,32,36,38,41,47,49H,5-6,9-10,15-20,23-26H2,1H3,(H2-,42,43,45,46,48)/p+1/t28?,36-,38-,40+,44?/m0/s1. The van der Waals surface area contributed by atoms with Crippen molar-refractivity contribution >= 4 is 23.7 Å². The SMILES string of the molecule is COc1cc(NC(=O)CC[N+]23CCC(CC2)[C@@H](OC[C@@](O)(c2ccccc2)C2CCCC2)C3)ccc1CNC[C@H](O)c1ccc(O)c(NC=O)c1. The highest BCUT2D eigenvalue weighted by atomic mass is 16.5. The number of nitrogens with zero attached hydrogens (tertiary/aromatic N) is 1. The molecule has 2 bridgehead atoms. The van der Waals surface area contributed by atoms with Crippen LogP contribution in [0.3, 0.4) is 0 Å². The molecule has 3 aromatic rings. The molecule has 0 radical (unpaired) electrons. The van der Waals surface area contributed by atoms with Crippen molar-refractivity contribution < 1.29 is 38.9 Å². The van der Waals surface area contributed by atoms with Crippen molar-refractivity contribution in [2.24, 2.45) is 11.8 Å². The summed E-state index contributed by atoms with van der Waals surface area (Å²) in [5.74, 6) is 1.21. The summed E-state index contributed by atoms with van der Waals surface area (Å²) in [5, 5.41) is 41.2. The third kappa shape index (κ3) is 8.73. The summed E-state index contributed by atoms with van der Waals surface area (Å²) >= 11 is 0. The molecule has 11 nitrogen and oxygen atoms in total. The minimum absolute atomic E-state index is 0.0410. The first-order valence-electron chi connectivity index (χ1n) is 18.4. The minimum Gasteiger partial charge on any atom is -0.506 e. The lowest BCUT2D eigenvalue weighted by Crippen LogP contribution is -2.65. The molecule has 1 saturated carbocycles. The molecule has 7 rings (SSSR count). The predicted molar refractivity (Wildman–Crippen MR) is 195 cm³/mol. The molecule has 3 atom stereocenters. The van der Waals surface area contributed by atoms with Gasteiger partial charge in [-0.05, 0) is 48.1 Å². The van der Waals surface area contributed by atoms with Crippen molar-refractivity contribution in [1.82, 2.24) is 5.32 Å². The molecule has 3 aromatic carbocycles. The summed E-state index contributed by atoms with van der Waals surface area (Å²) in [6.07, 6.45) is 6.61. The van der Waals surface area contributed by atoms with Crippen LogP contribution in [-0.2, 0) is 26.5 Å². The Hall–Kier alpha value is -4.00. The number of piperidine rings is 3. The van der Waals surface area contributed by atoms with E-state index in [1.54, 1.807) is 13.2 Å². The number of phenolic OH excluding ortho intramolecular Hbond substituents is 1. The van der Waals surface area contributed by atoms with Crippen molar-refractivity contribution in [3.05, 3.63) is 83.4 Å². The largest absolute Gasteiger partial charge is 0.506 e. The quantitative estimate of drug-likeness (QED) is 0.0667. The van der Waals surface area contributed by atoms with Gasteiger partial charge in [-0.1, -0.05) is 55.3 Å². The van der Waals surface area contributed by atoms with E-state index < -0.39 is 11.7 Å². The van der Waals surface area contributed by atoms with Gasteiger partial charge in [0, 0.05) is 49.2 Å². The van der Waals surface area contributed by atoms with E-state index in [2.05, 4.69) is 16.0 Å². The number of benzene rings is 3. The fraction of sp³-hybridized carbons (Fsp3) is 0.500. The Balaban J connectivity index is 0.994. The van der Waals surface area contributed by atoms with Crippen LogP contribution in [0.5, 0.6) is 11.5 Å². The molecule has 6 N–H and O–H groups in total. The molecule has 4 fully saturated rings. The summed E-state index contributed by atoms with van der Waals surface area (Å²) in [6, 6.07) is 20.2. The highest BCUT2D eigenvalue weighted by Crippen LogP contribution is 2.43. The van der Waals surface area contributed by atoms with Gasteiger partial charge in [-0.3, -0.25) is 9.59 Å². The van der Waals surface area contributed by atoms with Crippen LogP contribution in [0, 0.1) is 11.8 Å². The predicted octanol–water partition coefficient (Wildman–Crippen LogP) is 4.82. The average molecular weight is 702 g/mol. The number of ether oxygens (including phenoxy) is 2. The second-order valence-corrected chi connectivity index (χ2v) is 14.7. The number of carbonyl (C=O) groups is 2. The molecule has 51 heavy (non-hydrogen) atoms. The van der Waals surface area contributed by atoms with Crippen molar-refractivity contribution in [3.63, 3.8) is 0 Å². The zero-order valence-electron chi connectivity index (χ0n) is 29.6. The molecule has 4 aliphatic rings. The van der Waals surface area contributed by atoms with E-state index in [0.29, 0.717) is 48.9 Å². The fourth-order valence-electron chi connectivity index (χ4n) is 8.46. The van der Waals surface area contributed by atoms with Gasteiger partial charge in [0.1, 0.15) is 29.7 Å². The Labute approximate surface area is 300 Å². The van der Waals surface area contributed by atoms with Gasteiger partial charge in [-0.2, -0.15) is 0 Å². The number of amides is 2. The Morgan fingerprint density at radius 3 is 2.53 bits per heavy atom. The average Bonchev–Trinajstić information content (AvgIpc) is 3.71. The summed E-state index contributed by atoms with van der Waals surface area (Å²) in [6.45, 7) is 4.69. The van der Waals surface area contributed by atoms with Gasteiger partial charge in [0.2, 0.25) is 12.3 Å². The number of methoxy groups -OCH3 is 1. The molecule has 274 valence electrons. The number of hydrogen-bond acceptors (Lipinski definition) is 8. The van der Waals surface area contributed by atoms with E-state index in [1.807, 2.05) is 48.5 Å². The molecule has 3 aliphatic heterocycles. The molecule has 3 saturated heterocycles. The van der Waals surface area contributed by atoms with Gasteiger partial charge in [0.05, 0.1) is 51.6 Å². The van der Waals surface area contributed by atoms with Gasteiger partial charge in [-0.15, -0.1) is 0 Å². The third-order valence-electron chi connectivity index (χ3n) is 11.5. The summed E-state index contributed by atoms with van der Waals surface area (Å²) in [4.78, 5) is 24.0. The first-order valence-corrected chi connectivity index (χ1v) is 18.4. The highest BCUT2D eigenvalue weighted by Gasteiger charge is 2.48. The second kappa shape index (κ2) is 16.6. The number of quaternary nitrogens is 1. The molecule has 1 aliphatic carbocycles. The number of nitrogens with one attached hydrogen (secondary N) is 3. The monoisotopic (exact) mass is 701 g/mol. The summed E-state index contributed by atoms with van der Waals surface area (Å²) < 4.78 is 13.2. The van der Waals surface area contributed by atoms with E-state index in [4.69, 9.17) is 9.47 Å². The van der Waals surface area contributed by atoms with E-state index >= 15 is 0 Å². The molecule has 0 aromatic heterocycles. The molecule has 0 unspecified atom stereocenters. The van der Waals surface area contributed by atoms with Gasteiger partial charge < -0.3 is 45.2 Å². The van der Waals surface area contributed by atoms with Crippen molar-refractivity contribution in [2.75, 3.05) is 57.1 Å². The Kier molecular flexibility index (Phi) is 11.9. The number of aromatic hydroxyl groups is 1. The number of rotatable bonds is 17. The fourth-order valence-corrected chi connectivity index (χ4v) is 8.46. The lowest BCUT2D eigenvalue weighted by atomic mass is 9.80. The highest BCUT2D eigenvalue weighted by molar-refractivity contribution is 5.91. The topological polar surface area (TPSA) is 149 Å². The van der Waals surface area contributed by atoms with E-state index in [1.165, 1.54) is 12.1 Å². The van der Waals surface area contributed by atoms with Crippen LogP contribution in [0.1, 0.15) is 67.7 Å². The van der Waals surface area contributed by atoms with Crippen LogP contribution in [0.25, 0.3) is 0 Å². The molecular formula is C40H53N4O7+. The van der Waals surface area contributed by atoms with Crippen LogP contribution in [0.2, 0.25) is 0 Å². The van der Waals surface area contributed by atoms with Crippen LogP contribution >= 0.6 is 0 Å². The lowest BCUT2D eigenvalue weighted by molar-refractivity contribution is -0.946. The smallest absolute Gasteiger partial charge is 0.230 e. The molecule has 11 heteroatoms. The first-order chi connectivity index (χ1) is 24.7. The Bertz CT molecular complexity index is 1620. The lowest BCUT2D eigenvalue weighted by Gasteiger charge is -2.52. The van der Waals surface area contributed by atoms with Crippen LogP contribution in [0.15, 0.2) is 66.7 Å². The molecule has 2 amide bonds. The maximum atomic E-state index is 13.2. The van der Waals surface area contributed by atoms with Gasteiger partial charge in [0.15, 0.2) is 0 Å². The number of aliphatic hydroxyl groups is 2. The maximum absolute atomic E-state index is 13.2. The van der Waals surface area contributed by atoms with E-state index in [0.717, 1.165) is 80.3 Å². The molecule has 3 heterocycles. The van der Waals surface area contributed by atoms with Gasteiger partial charge >= 0.3 is 0 Å². The van der Waals surface area contributed by atoms with Crippen molar-refractivity contribution in [1.29, 1.82) is 0 Å². The zero-order valence-corrected chi connectivity index (χ0v) is 29.6. The minimum atomic E-state index is -0.975. The number of hydrogen-bond donors (Lipinski definition) is 6. The second-order valence-electron chi connectivity index (χ2n) is 14.7. The normalized spacial score (nSPS) is 23.4. The van der Waals surface area contributed by atoms with Crippen molar-refractivity contribution in [3.8, 4) is 11.5 Å². The Morgan fingerprint density at radius 2 is 1.80 bits per heavy atom. The van der Waals surface area contributed by atoms with Gasteiger partial charge in [-0.25, -0.2) is 0 Å². The summed E-state index contributed by atoms with van der Waals surface area (Å²) in [7, 11) is 1.58. The van der Waals surface area contributed by atoms with Crippen LogP contribution in [0.4, 0.5) is 11.4 Å². The van der Waals surface area contributed by atoms with Crippen LogP contribution < -0.4 is 20.7 Å². The number of fused-ring (bicyclic) bond motifs is 3.